The highest BCUT2D eigenvalue weighted by atomic mass is 15.3. The predicted molar refractivity (Wildman–Crippen MR) is 147 cm³/mol. The summed E-state index contributed by atoms with van der Waals surface area (Å²) in [5.74, 6) is 0. The van der Waals surface area contributed by atoms with Crippen LogP contribution in [0.5, 0.6) is 0 Å². The second-order valence-electron chi connectivity index (χ2n) is 8.55. The number of nitrogens with zero attached hydrogens (tertiary/aromatic N) is 3. The molecule has 170 valence electrons. The van der Waals surface area contributed by atoms with Gasteiger partial charge in [-0.2, -0.15) is 0 Å². The van der Waals surface area contributed by atoms with Gasteiger partial charge >= 0.3 is 0 Å². The summed E-state index contributed by atoms with van der Waals surface area (Å²) in [5.41, 5.74) is 10.2. The Balaban J connectivity index is 1.68. The van der Waals surface area contributed by atoms with Crippen molar-refractivity contribution >= 4 is 0 Å². The topological polar surface area (TPSA) is 38.7 Å². The molecule has 6 aromatic rings. The smallest absolute Gasteiger partial charge is 0.105 e. The number of aromatic nitrogens is 3. The van der Waals surface area contributed by atoms with Gasteiger partial charge in [0.15, 0.2) is 0 Å². The van der Waals surface area contributed by atoms with E-state index in [1.165, 1.54) is 0 Å². The first-order valence-electron chi connectivity index (χ1n) is 12.0. The minimum atomic E-state index is 0.812. The lowest BCUT2D eigenvalue weighted by atomic mass is 9.87. The van der Waals surface area contributed by atoms with Gasteiger partial charge in [-0.25, -0.2) is 0 Å². The van der Waals surface area contributed by atoms with Crippen LogP contribution in [-0.2, 0) is 0 Å². The zero-order valence-corrected chi connectivity index (χ0v) is 19.6. The molecular weight excluding hydrogens is 438 g/mol. The van der Waals surface area contributed by atoms with E-state index in [4.69, 9.17) is 0 Å². The molecule has 1 aromatic heterocycles. The van der Waals surface area contributed by atoms with Gasteiger partial charge in [-0.3, -0.25) is 0 Å². The van der Waals surface area contributed by atoms with Crippen molar-refractivity contribution in [3.63, 3.8) is 0 Å². The van der Waals surface area contributed by atoms with E-state index in [9.17, 15) is 0 Å². The van der Waals surface area contributed by atoms with E-state index in [0.29, 0.717) is 0 Å². The largest absolute Gasteiger partial charge is 0.129 e. The van der Waals surface area contributed by atoms with E-state index in [2.05, 4.69) is 125 Å². The standard InChI is InChI=1S/C33H23N3/c1-4-14-24(15-5-1)27-20-10-12-22-29(27)31-32(26-18-8-3-9-19-26)34-36-35-33(31)30-23-13-11-21-28(30)25-16-6-2-7-17-25/h1-23H. The second kappa shape index (κ2) is 9.77. The van der Waals surface area contributed by atoms with E-state index < -0.39 is 0 Å². The lowest BCUT2D eigenvalue weighted by molar-refractivity contribution is 0.879. The fourth-order valence-corrected chi connectivity index (χ4v) is 4.70. The normalized spacial score (nSPS) is 10.8. The van der Waals surface area contributed by atoms with E-state index >= 15 is 0 Å². The molecule has 0 aliphatic rings. The quantitative estimate of drug-likeness (QED) is 0.260. The molecule has 6 rings (SSSR count). The van der Waals surface area contributed by atoms with Gasteiger partial charge in [-0.05, 0) is 33.0 Å². The van der Waals surface area contributed by atoms with Crippen LogP contribution in [0.4, 0.5) is 0 Å². The highest BCUT2D eigenvalue weighted by Gasteiger charge is 2.22. The molecule has 0 aliphatic carbocycles. The second-order valence-corrected chi connectivity index (χ2v) is 8.55. The van der Waals surface area contributed by atoms with Crippen molar-refractivity contribution < 1.29 is 0 Å². The summed E-state index contributed by atoms with van der Waals surface area (Å²) in [6.45, 7) is 0. The molecule has 5 aromatic carbocycles. The van der Waals surface area contributed by atoms with Crippen LogP contribution in [0.3, 0.4) is 0 Å². The molecule has 0 bridgehead atoms. The zero-order valence-electron chi connectivity index (χ0n) is 19.6. The number of rotatable bonds is 5. The Kier molecular flexibility index (Phi) is 5.87. The van der Waals surface area contributed by atoms with E-state index in [0.717, 1.165) is 55.9 Å². The Hall–Kier alpha value is -4.89. The van der Waals surface area contributed by atoms with Crippen LogP contribution in [0.25, 0.3) is 55.9 Å². The third kappa shape index (κ3) is 4.08. The highest BCUT2D eigenvalue weighted by Crippen LogP contribution is 2.43. The van der Waals surface area contributed by atoms with Crippen molar-refractivity contribution in [2.45, 2.75) is 0 Å². The Morgan fingerprint density at radius 3 is 1.25 bits per heavy atom. The van der Waals surface area contributed by atoms with Gasteiger partial charge < -0.3 is 0 Å². The summed E-state index contributed by atoms with van der Waals surface area (Å²) in [5, 5.41) is 13.5. The van der Waals surface area contributed by atoms with Gasteiger partial charge in [0.05, 0.1) is 0 Å². The van der Waals surface area contributed by atoms with Gasteiger partial charge in [0.1, 0.15) is 11.4 Å². The minimum absolute atomic E-state index is 0.812. The molecule has 0 spiro atoms. The summed E-state index contributed by atoms with van der Waals surface area (Å²) in [6, 6.07) is 47.9. The van der Waals surface area contributed by atoms with Crippen LogP contribution < -0.4 is 0 Å². The van der Waals surface area contributed by atoms with Gasteiger partial charge in [0.2, 0.25) is 0 Å². The lowest BCUT2D eigenvalue weighted by Gasteiger charge is -2.18. The third-order valence-corrected chi connectivity index (χ3v) is 6.36. The maximum atomic E-state index is 4.67. The molecular formula is C33H23N3. The summed E-state index contributed by atoms with van der Waals surface area (Å²) in [7, 11) is 0. The summed E-state index contributed by atoms with van der Waals surface area (Å²) < 4.78 is 0. The average Bonchev–Trinajstić information content (AvgIpc) is 2.98. The molecule has 0 aliphatic heterocycles. The molecule has 36 heavy (non-hydrogen) atoms. The molecule has 0 saturated carbocycles. The Bertz CT molecular complexity index is 1610. The van der Waals surface area contributed by atoms with Gasteiger partial charge in [-0.15, -0.1) is 10.2 Å². The summed E-state index contributed by atoms with van der Waals surface area (Å²) in [6.07, 6.45) is 0. The molecule has 0 N–H and O–H groups in total. The van der Waals surface area contributed by atoms with Crippen molar-refractivity contribution in [1.29, 1.82) is 0 Å². The number of hydrogen-bond acceptors (Lipinski definition) is 3. The van der Waals surface area contributed by atoms with Crippen LogP contribution in [0, 0.1) is 0 Å². The fourth-order valence-electron chi connectivity index (χ4n) is 4.70. The summed E-state index contributed by atoms with van der Waals surface area (Å²) >= 11 is 0. The van der Waals surface area contributed by atoms with Crippen molar-refractivity contribution in [3.05, 3.63) is 140 Å². The van der Waals surface area contributed by atoms with Gasteiger partial charge in [0.25, 0.3) is 0 Å². The molecule has 3 heteroatoms. The maximum Gasteiger partial charge on any atom is 0.105 e. The van der Waals surface area contributed by atoms with Crippen LogP contribution in [0.1, 0.15) is 0 Å². The van der Waals surface area contributed by atoms with Crippen molar-refractivity contribution in [1.82, 2.24) is 15.4 Å². The first kappa shape index (κ1) is 21.6. The number of benzene rings is 5. The number of hydrogen-bond donors (Lipinski definition) is 0. The van der Waals surface area contributed by atoms with Crippen LogP contribution in [0.2, 0.25) is 0 Å². The SMILES string of the molecule is c1ccc(-c2ccccc2-c2nnnc(-c3ccccc3)c2-c2ccccc2-c2ccccc2)cc1. The first-order valence-corrected chi connectivity index (χ1v) is 12.0. The van der Waals surface area contributed by atoms with E-state index in [1.807, 2.05) is 30.3 Å². The van der Waals surface area contributed by atoms with E-state index in [1.54, 1.807) is 0 Å². The zero-order chi connectivity index (χ0) is 24.2. The van der Waals surface area contributed by atoms with E-state index in [-0.39, 0.29) is 0 Å². The lowest BCUT2D eigenvalue weighted by Crippen LogP contribution is -2.02. The van der Waals surface area contributed by atoms with Crippen molar-refractivity contribution in [3.8, 4) is 55.9 Å². The Labute approximate surface area is 210 Å². The van der Waals surface area contributed by atoms with Crippen LogP contribution in [0.15, 0.2) is 140 Å². The third-order valence-electron chi connectivity index (χ3n) is 6.36. The fraction of sp³-hybridized carbons (Fsp3) is 0. The molecule has 0 radical (unpaired) electrons. The molecule has 0 unspecified atom stereocenters. The molecule has 0 fully saturated rings. The Morgan fingerprint density at radius 2 is 0.694 bits per heavy atom. The Morgan fingerprint density at radius 1 is 0.306 bits per heavy atom. The molecule has 0 saturated heterocycles. The molecule has 0 atom stereocenters. The average molecular weight is 462 g/mol. The maximum absolute atomic E-state index is 4.67. The van der Waals surface area contributed by atoms with Crippen molar-refractivity contribution in [2.75, 3.05) is 0 Å². The first-order chi connectivity index (χ1) is 17.9. The van der Waals surface area contributed by atoms with Gasteiger partial charge in [-0.1, -0.05) is 140 Å². The molecule has 1 heterocycles. The van der Waals surface area contributed by atoms with Crippen molar-refractivity contribution in [2.24, 2.45) is 0 Å². The van der Waals surface area contributed by atoms with Gasteiger partial charge in [0, 0.05) is 16.7 Å². The monoisotopic (exact) mass is 461 g/mol. The highest BCUT2D eigenvalue weighted by molar-refractivity contribution is 5.99. The van der Waals surface area contributed by atoms with Crippen LogP contribution >= 0.6 is 0 Å². The predicted octanol–water partition coefficient (Wildman–Crippen LogP) is 8.21. The minimum Gasteiger partial charge on any atom is -0.129 e. The molecule has 3 nitrogen and oxygen atoms in total. The van der Waals surface area contributed by atoms with Crippen LogP contribution in [-0.4, -0.2) is 15.4 Å². The molecule has 0 amide bonds. The summed E-state index contributed by atoms with van der Waals surface area (Å²) in [4.78, 5) is 0.